The summed E-state index contributed by atoms with van der Waals surface area (Å²) >= 11 is 0. The Morgan fingerprint density at radius 3 is 2.65 bits per heavy atom. The summed E-state index contributed by atoms with van der Waals surface area (Å²) in [5, 5.41) is 8.41. The van der Waals surface area contributed by atoms with Gasteiger partial charge in [0.05, 0.1) is 12.7 Å². The summed E-state index contributed by atoms with van der Waals surface area (Å²) in [5.41, 5.74) is 0.732. The van der Waals surface area contributed by atoms with Crippen LogP contribution in [0.3, 0.4) is 0 Å². The van der Waals surface area contributed by atoms with E-state index < -0.39 is 24.0 Å². The molecule has 1 N–H and O–H groups in total. The Hall–Kier alpha value is -1.91. The highest BCUT2D eigenvalue weighted by Crippen LogP contribution is 2.15. The van der Waals surface area contributed by atoms with E-state index in [0.717, 1.165) is 18.4 Å². The van der Waals surface area contributed by atoms with E-state index in [1.807, 2.05) is 6.92 Å². The summed E-state index contributed by atoms with van der Waals surface area (Å²) in [7, 11) is 0. The number of unbranched alkanes of at least 4 members (excludes halogenated alkanes) is 1. The van der Waals surface area contributed by atoms with Crippen LogP contribution in [0.4, 0.5) is 0 Å². The second-order valence-corrected chi connectivity index (χ2v) is 3.71. The molecule has 0 aromatic carbocycles. The molecule has 1 heterocycles. The predicted molar refractivity (Wildman–Crippen MR) is 58.9 cm³/mol. The number of carboxylic acid groups (broad SMARTS) is 1. The van der Waals surface area contributed by atoms with E-state index in [-0.39, 0.29) is 5.76 Å². The average Bonchev–Trinajstić information content (AvgIpc) is 2.74. The molecule has 0 aliphatic carbocycles. The zero-order valence-corrected chi connectivity index (χ0v) is 9.56. The van der Waals surface area contributed by atoms with Crippen molar-refractivity contribution in [3.8, 4) is 0 Å². The van der Waals surface area contributed by atoms with Gasteiger partial charge >= 0.3 is 5.97 Å². The van der Waals surface area contributed by atoms with Crippen molar-refractivity contribution >= 4 is 17.5 Å². The Balaban J connectivity index is 2.72. The summed E-state index contributed by atoms with van der Waals surface area (Å²) < 4.78 is 5.01. The molecule has 0 fully saturated rings. The maximum atomic E-state index is 11.6. The van der Waals surface area contributed by atoms with Crippen molar-refractivity contribution in [3.05, 3.63) is 23.7 Å². The minimum Gasteiger partial charge on any atom is -0.475 e. The molecule has 0 spiro atoms. The molecule has 5 heteroatoms. The molecule has 0 radical (unpaired) electrons. The molecule has 0 aliphatic rings. The Labute approximate surface area is 98.4 Å². The molecule has 0 saturated heterocycles. The maximum absolute atomic E-state index is 11.6. The molecule has 0 unspecified atom stereocenters. The van der Waals surface area contributed by atoms with Crippen molar-refractivity contribution < 1.29 is 23.9 Å². The number of furan rings is 1. The minimum absolute atomic E-state index is 0.105. The summed E-state index contributed by atoms with van der Waals surface area (Å²) in [4.78, 5) is 32.9. The number of carbonyl (C=O) groups excluding carboxylic acids is 2. The quantitative estimate of drug-likeness (QED) is 0.445. The maximum Gasteiger partial charge on any atom is 0.372 e. The van der Waals surface area contributed by atoms with Crippen molar-refractivity contribution in [3.63, 3.8) is 0 Å². The molecule has 0 aliphatic heterocycles. The van der Waals surface area contributed by atoms with E-state index in [9.17, 15) is 14.4 Å². The second kappa shape index (κ2) is 5.98. The molecule has 0 bridgehead atoms. The van der Waals surface area contributed by atoms with Gasteiger partial charge in [-0.25, -0.2) is 4.79 Å². The van der Waals surface area contributed by atoms with Gasteiger partial charge in [-0.3, -0.25) is 9.59 Å². The fourth-order valence-electron chi connectivity index (χ4n) is 1.45. The highest BCUT2D eigenvalue weighted by atomic mass is 16.4. The molecular weight excluding hydrogens is 224 g/mol. The Morgan fingerprint density at radius 2 is 2.06 bits per heavy atom. The topological polar surface area (TPSA) is 84.6 Å². The highest BCUT2D eigenvalue weighted by Gasteiger charge is 2.21. The van der Waals surface area contributed by atoms with Crippen LogP contribution < -0.4 is 0 Å². The van der Waals surface area contributed by atoms with Gasteiger partial charge < -0.3 is 9.52 Å². The van der Waals surface area contributed by atoms with Gasteiger partial charge in [0.15, 0.2) is 5.76 Å². The largest absolute Gasteiger partial charge is 0.475 e. The molecule has 0 atom stereocenters. The highest BCUT2D eigenvalue weighted by molar-refractivity contribution is 6.37. The number of carbonyl (C=O) groups is 3. The van der Waals surface area contributed by atoms with Crippen LogP contribution in [0.25, 0.3) is 0 Å². The number of aliphatic carboxylic acids is 1. The third-order valence-corrected chi connectivity index (χ3v) is 2.36. The molecule has 92 valence electrons. The lowest BCUT2D eigenvalue weighted by Gasteiger charge is -1.99. The molecule has 17 heavy (non-hydrogen) atoms. The van der Waals surface area contributed by atoms with Gasteiger partial charge in [0.25, 0.3) is 0 Å². The van der Waals surface area contributed by atoms with E-state index in [2.05, 4.69) is 0 Å². The third kappa shape index (κ3) is 3.55. The fourth-order valence-corrected chi connectivity index (χ4v) is 1.45. The standard InChI is InChI=1S/C12H14O5/c1-2-3-4-8-5-6-17-11(8)9(13)7-10(14)12(15)16/h5-6H,2-4,7H2,1H3,(H,15,16). The lowest BCUT2D eigenvalue weighted by Crippen LogP contribution is -2.17. The first kappa shape index (κ1) is 13.2. The molecule has 1 aromatic heterocycles. The van der Waals surface area contributed by atoms with E-state index in [1.54, 1.807) is 6.07 Å². The van der Waals surface area contributed by atoms with E-state index in [1.165, 1.54) is 6.26 Å². The minimum atomic E-state index is -1.60. The van der Waals surface area contributed by atoms with E-state index in [4.69, 9.17) is 9.52 Å². The smallest absolute Gasteiger partial charge is 0.372 e. The van der Waals surface area contributed by atoms with E-state index >= 15 is 0 Å². The van der Waals surface area contributed by atoms with Crippen LogP contribution in [0.2, 0.25) is 0 Å². The van der Waals surface area contributed by atoms with Crippen LogP contribution in [-0.4, -0.2) is 22.6 Å². The number of carboxylic acids is 1. The Bertz CT molecular complexity index is 430. The van der Waals surface area contributed by atoms with Gasteiger partial charge in [0.2, 0.25) is 11.6 Å². The van der Waals surface area contributed by atoms with Crippen LogP contribution in [-0.2, 0) is 16.0 Å². The number of aryl methyl sites for hydroxylation is 1. The number of Topliss-reactive ketones (excluding diaryl/α,β-unsaturated/α-hetero) is 2. The zero-order chi connectivity index (χ0) is 12.8. The van der Waals surface area contributed by atoms with Crippen LogP contribution in [0, 0.1) is 0 Å². The number of ketones is 2. The van der Waals surface area contributed by atoms with Crippen LogP contribution in [0.1, 0.15) is 42.3 Å². The summed E-state index contributed by atoms with van der Waals surface area (Å²) in [6.45, 7) is 2.02. The monoisotopic (exact) mass is 238 g/mol. The molecular formula is C12H14O5. The van der Waals surface area contributed by atoms with Crippen molar-refractivity contribution in [2.24, 2.45) is 0 Å². The van der Waals surface area contributed by atoms with Crippen molar-refractivity contribution in [2.45, 2.75) is 32.6 Å². The first-order valence-corrected chi connectivity index (χ1v) is 5.42. The molecule has 0 saturated carbocycles. The lowest BCUT2D eigenvalue weighted by molar-refractivity contribution is -0.148. The SMILES string of the molecule is CCCCc1ccoc1C(=O)CC(=O)C(=O)O. The van der Waals surface area contributed by atoms with Crippen LogP contribution >= 0.6 is 0 Å². The Morgan fingerprint density at radius 1 is 1.35 bits per heavy atom. The molecule has 0 amide bonds. The number of hydrogen-bond acceptors (Lipinski definition) is 4. The van der Waals surface area contributed by atoms with Crippen molar-refractivity contribution in [2.75, 3.05) is 0 Å². The predicted octanol–water partition coefficient (Wildman–Crippen LogP) is 1.85. The van der Waals surface area contributed by atoms with Crippen molar-refractivity contribution in [1.82, 2.24) is 0 Å². The Kier molecular flexibility index (Phi) is 4.63. The summed E-state index contributed by atoms with van der Waals surface area (Å²) in [5.74, 6) is -3.19. The summed E-state index contributed by atoms with van der Waals surface area (Å²) in [6.07, 6.45) is 3.31. The van der Waals surface area contributed by atoms with Gasteiger partial charge in [-0.15, -0.1) is 0 Å². The number of rotatable bonds is 7. The van der Waals surface area contributed by atoms with E-state index in [0.29, 0.717) is 6.42 Å². The first-order chi connectivity index (χ1) is 8.06. The second-order valence-electron chi connectivity index (χ2n) is 3.71. The van der Waals surface area contributed by atoms with Gasteiger partial charge in [0.1, 0.15) is 0 Å². The van der Waals surface area contributed by atoms with Gasteiger partial charge in [0, 0.05) is 5.56 Å². The zero-order valence-electron chi connectivity index (χ0n) is 9.56. The van der Waals surface area contributed by atoms with Gasteiger partial charge in [-0.1, -0.05) is 13.3 Å². The molecule has 5 nitrogen and oxygen atoms in total. The average molecular weight is 238 g/mol. The molecule has 1 aromatic rings. The first-order valence-electron chi connectivity index (χ1n) is 5.42. The van der Waals surface area contributed by atoms with Gasteiger partial charge in [-0.2, -0.15) is 0 Å². The van der Waals surface area contributed by atoms with Crippen LogP contribution in [0.15, 0.2) is 16.7 Å². The fraction of sp³-hybridized carbons (Fsp3) is 0.417. The van der Waals surface area contributed by atoms with Crippen LogP contribution in [0.5, 0.6) is 0 Å². The third-order valence-electron chi connectivity index (χ3n) is 2.36. The number of hydrogen-bond donors (Lipinski definition) is 1. The van der Waals surface area contributed by atoms with Gasteiger partial charge in [-0.05, 0) is 18.9 Å². The summed E-state index contributed by atoms with van der Waals surface area (Å²) in [6, 6.07) is 1.67. The van der Waals surface area contributed by atoms with Crippen molar-refractivity contribution in [1.29, 1.82) is 0 Å². The lowest BCUT2D eigenvalue weighted by atomic mass is 10.0. The molecule has 1 rings (SSSR count). The normalized spacial score (nSPS) is 10.2.